The second-order valence-electron chi connectivity index (χ2n) is 15.0. The van der Waals surface area contributed by atoms with Crippen LogP contribution >= 0.6 is 0 Å². The Morgan fingerprint density at radius 2 is 0.808 bits per heavy atom. The van der Waals surface area contributed by atoms with Crippen molar-refractivity contribution in [3.05, 3.63) is 48.6 Å². The monoisotopic (exact) mass is 732 g/mol. The number of carbonyl (C=O) groups excluding carboxylic acids is 1. The molecule has 0 aliphatic carbocycles. The predicted octanol–water partition coefficient (Wildman–Crippen LogP) is 11.5. The Labute approximate surface area is 321 Å². The molecule has 0 heterocycles. The molecule has 0 aliphatic heterocycles. The van der Waals surface area contributed by atoms with E-state index in [2.05, 4.69) is 67.8 Å². The molecule has 4 unspecified atom stereocenters. The standard InChI is InChI=1S/C46H85NO5/c1-3-5-7-9-11-13-15-16-17-18-19-20-21-22-23-24-25-26-27-28-30-31-33-35-37-39-43(49)45(51)42(41-48)47-46(52)44(50)40-38-36-34-32-29-14-12-10-8-6-4-2/h12,14,22-23,26-27,31,33,42-45,48-51H,3-11,13,15-21,24-25,28-30,32,34-41H2,1-2H3,(H,47,52)/b14-12-,23-22+,27-26+,33-31+. The highest BCUT2D eigenvalue weighted by molar-refractivity contribution is 5.80. The van der Waals surface area contributed by atoms with Gasteiger partial charge in [0.25, 0.3) is 0 Å². The summed E-state index contributed by atoms with van der Waals surface area (Å²) in [5.74, 6) is -0.612. The van der Waals surface area contributed by atoms with Crippen LogP contribution < -0.4 is 5.32 Å². The number of amides is 1. The SMILES string of the molecule is CCCCC/C=C\CCCCCCC(O)C(=O)NC(CO)C(O)C(O)CCC/C=C/CC/C=C/CC/C=C/CCCCCCCCCCCCCC. The molecule has 0 fully saturated rings. The van der Waals surface area contributed by atoms with Gasteiger partial charge in [-0.25, -0.2) is 0 Å². The lowest BCUT2D eigenvalue weighted by molar-refractivity contribution is -0.132. The number of carbonyl (C=O) groups is 1. The minimum Gasteiger partial charge on any atom is -0.394 e. The summed E-state index contributed by atoms with van der Waals surface area (Å²) in [6, 6.07) is -1.02. The number of hydrogen-bond donors (Lipinski definition) is 5. The van der Waals surface area contributed by atoms with E-state index < -0.39 is 36.9 Å². The topological polar surface area (TPSA) is 110 Å². The van der Waals surface area contributed by atoms with Crippen LogP contribution in [-0.4, -0.2) is 57.3 Å². The number of aliphatic hydroxyl groups is 4. The molecular formula is C46H85NO5. The van der Waals surface area contributed by atoms with Crippen molar-refractivity contribution < 1.29 is 25.2 Å². The summed E-state index contributed by atoms with van der Waals surface area (Å²) in [5.41, 5.74) is 0. The van der Waals surface area contributed by atoms with Gasteiger partial charge in [-0.15, -0.1) is 0 Å². The summed E-state index contributed by atoms with van der Waals surface area (Å²) in [6.07, 6.45) is 48.7. The summed E-state index contributed by atoms with van der Waals surface area (Å²) in [6.45, 7) is 3.99. The molecule has 6 heteroatoms. The molecule has 0 saturated heterocycles. The number of aliphatic hydroxyl groups excluding tert-OH is 4. The van der Waals surface area contributed by atoms with Crippen molar-refractivity contribution in [3.8, 4) is 0 Å². The summed E-state index contributed by atoms with van der Waals surface area (Å²) < 4.78 is 0. The molecule has 0 radical (unpaired) electrons. The van der Waals surface area contributed by atoms with E-state index in [1.54, 1.807) is 0 Å². The summed E-state index contributed by atoms with van der Waals surface area (Å²) >= 11 is 0. The molecule has 1 amide bonds. The first kappa shape index (κ1) is 50.3. The van der Waals surface area contributed by atoms with E-state index >= 15 is 0 Å². The number of unbranched alkanes of at least 4 members (excludes halogenated alkanes) is 22. The maximum atomic E-state index is 12.4. The quantitative estimate of drug-likeness (QED) is 0.0319. The van der Waals surface area contributed by atoms with Gasteiger partial charge in [0.05, 0.1) is 18.8 Å². The largest absolute Gasteiger partial charge is 0.394 e. The van der Waals surface area contributed by atoms with Gasteiger partial charge < -0.3 is 25.7 Å². The molecule has 0 aromatic rings. The molecule has 0 bridgehead atoms. The highest BCUT2D eigenvalue weighted by Gasteiger charge is 2.28. The minimum atomic E-state index is -1.30. The van der Waals surface area contributed by atoms with Crippen LogP contribution in [0.4, 0.5) is 0 Å². The molecule has 52 heavy (non-hydrogen) atoms. The Balaban J connectivity index is 3.81. The first-order chi connectivity index (χ1) is 25.5. The lowest BCUT2D eigenvalue weighted by atomic mass is 10.00. The van der Waals surface area contributed by atoms with Gasteiger partial charge in [0.2, 0.25) is 5.91 Å². The molecule has 6 nitrogen and oxygen atoms in total. The van der Waals surface area contributed by atoms with Crippen molar-refractivity contribution in [1.82, 2.24) is 5.32 Å². The molecule has 0 spiro atoms. The molecule has 0 aromatic carbocycles. The Bertz CT molecular complexity index is 869. The van der Waals surface area contributed by atoms with E-state index in [4.69, 9.17) is 0 Å². The highest BCUT2D eigenvalue weighted by atomic mass is 16.3. The van der Waals surface area contributed by atoms with Crippen LogP contribution in [0, 0.1) is 0 Å². The number of hydrogen-bond acceptors (Lipinski definition) is 5. The molecule has 0 rings (SSSR count). The maximum Gasteiger partial charge on any atom is 0.249 e. The first-order valence-corrected chi connectivity index (χ1v) is 22.0. The van der Waals surface area contributed by atoms with E-state index in [0.717, 1.165) is 70.6 Å². The van der Waals surface area contributed by atoms with Crippen LogP contribution in [-0.2, 0) is 4.79 Å². The van der Waals surface area contributed by atoms with Gasteiger partial charge in [0.15, 0.2) is 0 Å². The minimum absolute atomic E-state index is 0.342. The zero-order chi connectivity index (χ0) is 38.2. The Morgan fingerprint density at radius 3 is 1.25 bits per heavy atom. The van der Waals surface area contributed by atoms with E-state index in [9.17, 15) is 25.2 Å². The average Bonchev–Trinajstić information content (AvgIpc) is 3.15. The Kier molecular flexibility index (Phi) is 39.1. The van der Waals surface area contributed by atoms with Gasteiger partial charge >= 0.3 is 0 Å². The lowest BCUT2D eigenvalue weighted by Crippen LogP contribution is -2.53. The third-order valence-corrected chi connectivity index (χ3v) is 9.97. The summed E-state index contributed by atoms with van der Waals surface area (Å²) in [5, 5.41) is 43.5. The van der Waals surface area contributed by atoms with Crippen LogP contribution in [0.1, 0.15) is 206 Å². The van der Waals surface area contributed by atoms with Gasteiger partial charge in [0, 0.05) is 0 Å². The molecule has 0 aromatic heterocycles. The van der Waals surface area contributed by atoms with E-state index in [1.807, 2.05) is 0 Å². The molecule has 304 valence electrons. The van der Waals surface area contributed by atoms with Crippen LogP contribution in [0.2, 0.25) is 0 Å². The third-order valence-electron chi connectivity index (χ3n) is 9.97. The normalized spacial score (nSPS) is 14.7. The van der Waals surface area contributed by atoms with Crippen LogP contribution in [0.5, 0.6) is 0 Å². The van der Waals surface area contributed by atoms with Crippen molar-refractivity contribution >= 4 is 5.91 Å². The number of rotatable bonds is 39. The molecule has 0 saturated carbocycles. The predicted molar refractivity (Wildman–Crippen MR) is 223 cm³/mol. The summed E-state index contributed by atoms with van der Waals surface area (Å²) in [4.78, 5) is 12.4. The number of allylic oxidation sites excluding steroid dienone is 8. The Morgan fingerprint density at radius 1 is 0.462 bits per heavy atom. The zero-order valence-corrected chi connectivity index (χ0v) is 34.0. The van der Waals surface area contributed by atoms with Gasteiger partial charge in [0.1, 0.15) is 12.2 Å². The molecular weight excluding hydrogens is 647 g/mol. The first-order valence-electron chi connectivity index (χ1n) is 22.0. The van der Waals surface area contributed by atoms with Crippen molar-refractivity contribution in [3.63, 3.8) is 0 Å². The fourth-order valence-electron chi connectivity index (χ4n) is 6.43. The molecule has 5 N–H and O–H groups in total. The van der Waals surface area contributed by atoms with Crippen LogP contribution in [0.25, 0.3) is 0 Å². The van der Waals surface area contributed by atoms with Gasteiger partial charge in [-0.1, -0.05) is 165 Å². The van der Waals surface area contributed by atoms with Crippen LogP contribution in [0.3, 0.4) is 0 Å². The average molecular weight is 732 g/mol. The van der Waals surface area contributed by atoms with Gasteiger partial charge in [-0.05, 0) is 89.9 Å². The van der Waals surface area contributed by atoms with Crippen LogP contribution in [0.15, 0.2) is 48.6 Å². The van der Waals surface area contributed by atoms with Crippen molar-refractivity contribution in [1.29, 1.82) is 0 Å². The van der Waals surface area contributed by atoms with Crippen molar-refractivity contribution in [2.24, 2.45) is 0 Å². The van der Waals surface area contributed by atoms with E-state index in [1.165, 1.54) is 103 Å². The second kappa shape index (κ2) is 40.5. The second-order valence-corrected chi connectivity index (χ2v) is 15.0. The van der Waals surface area contributed by atoms with Crippen molar-refractivity contribution in [2.45, 2.75) is 231 Å². The molecule has 4 atom stereocenters. The zero-order valence-electron chi connectivity index (χ0n) is 34.0. The smallest absolute Gasteiger partial charge is 0.249 e. The van der Waals surface area contributed by atoms with Gasteiger partial charge in [-0.3, -0.25) is 4.79 Å². The highest BCUT2D eigenvalue weighted by Crippen LogP contribution is 2.14. The fourth-order valence-corrected chi connectivity index (χ4v) is 6.43. The maximum absolute atomic E-state index is 12.4. The van der Waals surface area contributed by atoms with E-state index in [-0.39, 0.29) is 0 Å². The lowest BCUT2D eigenvalue weighted by Gasteiger charge is -2.27. The Hall–Kier alpha value is -1.73. The van der Waals surface area contributed by atoms with Crippen molar-refractivity contribution in [2.75, 3.05) is 6.61 Å². The molecule has 0 aliphatic rings. The number of nitrogens with one attached hydrogen (secondary N) is 1. The van der Waals surface area contributed by atoms with Gasteiger partial charge in [-0.2, -0.15) is 0 Å². The van der Waals surface area contributed by atoms with E-state index in [0.29, 0.717) is 19.3 Å². The fraction of sp³-hybridized carbons (Fsp3) is 0.804. The third kappa shape index (κ3) is 34.1. The summed E-state index contributed by atoms with van der Waals surface area (Å²) in [7, 11) is 0.